The van der Waals surface area contributed by atoms with Gasteiger partial charge in [0.2, 0.25) is 0 Å². The number of carbonyl (C=O) groups excluding carboxylic acids is 1. The topological polar surface area (TPSA) is 56.8 Å². The average Bonchev–Trinajstić information content (AvgIpc) is 2.57. The maximum Gasteiger partial charge on any atom is 0.255 e. The molecule has 0 aromatic heterocycles. The van der Waals surface area contributed by atoms with Gasteiger partial charge in [-0.05, 0) is 57.2 Å². The molecular formula is C19H22ClNO4. The molecule has 5 nitrogen and oxygen atoms in total. The molecular weight excluding hydrogens is 342 g/mol. The van der Waals surface area contributed by atoms with Crippen molar-refractivity contribution in [3.05, 3.63) is 47.0 Å². The Morgan fingerprint density at radius 1 is 1.12 bits per heavy atom. The second-order valence-corrected chi connectivity index (χ2v) is 5.97. The first-order chi connectivity index (χ1) is 11.9. The Hall–Kier alpha value is -2.40. The van der Waals surface area contributed by atoms with Crippen LogP contribution in [-0.2, 0) is 0 Å². The largest absolute Gasteiger partial charge is 0.493 e. The van der Waals surface area contributed by atoms with E-state index >= 15 is 0 Å². The maximum absolute atomic E-state index is 12.4. The second-order valence-electron chi connectivity index (χ2n) is 5.56. The van der Waals surface area contributed by atoms with Gasteiger partial charge in [0.25, 0.3) is 5.91 Å². The molecule has 0 unspecified atom stereocenters. The predicted octanol–water partition coefficient (Wildman–Crippen LogP) is 4.79. The standard InChI is InChI=1S/C19H22ClNO4/c1-5-24-17-8-6-13(10-18(17)23-4)19(22)21-14-7-9-16(15(20)11-14)25-12(2)3/h6-12H,5H2,1-4H3,(H,21,22). The summed E-state index contributed by atoms with van der Waals surface area (Å²) in [5, 5.41) is 3.25. The minimum absolute atomic E-state index is 0.0225. The number of hydrogen-bond donors (Lipinski definition) is 1. The number of nitrogens with one attached hydrogen (secondary N) is 1. The molecule has 0 saturated heterocycles. The Balaban J connectivity index is 2.15. The lowest BCUT2D eigenvalue weighted by molar-refractivity contribution is 0.102. The smallest absolute Gasteiger partial charge is 0.255 e. The monoisotopic (exact) mass is 363 g/mol. The van der Waals surface area contributed by atoms with E-state index in [1.165, 1.54) is 7.11 Å². The molecule has 0 aliphatic heterocycles. The van der Waals surface area contributed by atoms with Crippen molar-refractivity contribution in [2.75, 3.05) is 19.0 Å². The summed E-state index contributed by atoms with van der Waals surface area (Å²) in [6.07, 6.45) is 0.0225. The fourth-order valence-electron chi connectivity index (χ4n) is 2.21. The molecule has 2 rings (SSSR count). The van der Waals surface area contributed by atoms with E-state index < -0.39 is 0 Å². The normalized spacial score (nSPS) is 10.5. The zero-order chi connectivity index (χ0) is 18.4. The number of hydrogen-bond acceptors (Lipinski definition) is 4. The highest BCUT2D eigenvalue weighted by Crippen LogP contribution is 2.30. The highest BCUT2D eigenvalue weighted by molar-refractivity contribution is 6.32. The van der Waals surface area contributed by atoms with Crippen molar-refractivity contribution in [1.29, 1.82) is 0 Å². The first kappa shape index (κ1) is 18.9. The summed E-state index contributed by atoms with van der Waals surface area (Å²) in [5.41, 5.74) is 1.04. The summed E-state index contributed by atoms with van der Waals surface area (Å²) in [5.74, 6) is 1.42. The fourth-order valence-corrected chi connectivity index (χ4v) is 2.44. The second kappa shape index (κ2) is 8.62. The summed E-state index contributed by atoms with van der Waals surface area (Å²) >= 11 is 6.19. The van der Waals surface area contributed by atoms with Crippen LogP contribution in [0.15, 0.2) is 36.4 Å². The molecule has 6 heteroatoms. The molecule has 0 radical (unpaired) electrons. The number of carbonyl (C=O) groups is 1. The van der Waals surface area contributed by atoms with Crippen molar-refractivity contribution >= 4 is 23.2 Å². The zero-order valence-electron chi connectivity index (χ0n) is 14.8. The lowest BCUT2D eigenvalue weighted by Gasteiger charge is -2.13. The van der Waals surface area contributed by atoms with Crippen molar-refractivity contribution in [1.82, 2.24) is 0 Å². The lowest BCUT2D eigenvalue weighted by atomic mass is 10.1. The quantitative estimate of drug-likeness (QED) is 0.768. The highest BCUT2D eigenvalue weighted by Gasteiger charge is 2.12. The van der Waals surface area contributed by atoms with E-state index in [4.69, 9.17) is 25.8 Å². The first-order valence-corrected chi connectivity index (χ1v) is 8.40. The molecule has 0 saturated carbocycles. The Bertz CT molecular complexity index is 746. The van der Waals surface area contributed by atoms with E-state index in [2.05, 4.69) is 5.32 Å². The molecule has 25 heavy (non-hydrogen) atoms. The van der Waals surface area contributed by atoms with Gasteiger partial charge in [-0.3, -0.25) is 4.79 Å². The maximum atomic E-state index is 12.4. The molecule has 1 N–H and O–H groups in total. The van der Waals surface area contributed by atoms with Gasteiger partial charge in [0.1, 0.15) is 5.75 Å². The van der Waals surface area contributed by atoms with Gasteiger partial charge in [-0.25, -0.2) is 0 Å². The number of anilines is 1. The molecule has 0 bridgehead atoms. The van der Waals surface area contributed by atoms with E-state index in [1.807, 2.05) is 20.8 Å². The van der Waals surface area contributed by atoms with Crippen LogP contribution in [0.2, 0.25) is 5.02 Å². The van der Waals surface area contributed by atoms with Crippen LogP contribution in [0.4, 0.5) is 5.69 Å². The van der Waals surface area contributed by atoms with Crippen molar-refractivity contribution in [2.24, 2.45) is 0 Å². The number of methoxy groups -OCH3 is 1. The van der Waals surface area contributed by atoms with Gasteiger partial charge in [0.15, 0.2) is 11.5 Å². The van der Waals surface area contributed by atoms with Crippen LogP contribution in [0.25, 0.3) is 0 Å². The van der Waals surface area contributed by atoms with Crippen molar-refractivity contribution in [3.8, 4) is 17.2 Å². The number of benzene rings is 2. The third kappa shape index (κ3) is 5.03. The van der Waals surface area contributed by atoms with Crippen LogP contribution in [0.3, 0.4) is 0 Å². The Kier molecular flexibility index (Phi) is 6.53. The summed E-state index contributed by atoms with van der Waals surface area (Å²) in [6, 6.07) is 10.2. The molecule has 2 aromatic rings. The molecule has 2 aromatic carbocycles. The summed E-state index contributed by atoms with van der Waals surface area (Å²) < 4.78 is 16.3. The number of amides is 1. The van der Waals surface area contributed by atoms with E-state index in [9.17, 15) is 4.79 Å². The molecule has 134 valence electrons. The van der Waals surface area contributed by atoms with Gasteiger partial charge in [-0.15, -0.1) is 0 Å². The van der Waals surface area contributed by atoms with Gasteiger partial charge in [-0.2, -0.15) is 0 Å². The van der Waals surface area contributed by atoms with Crippen molar-refractivity contribution < 1.29 is 19.0 Å². The minimum Gasteiger partial charge on any atom is -0.493 e. The molecule has 0 heterocycles. The fraction of sp³-hybridized carbons (Fsp3) is 0.316. The van der Waals surface area contributed by atoms with Gasteiger partial charge in [-0.1, -0.05) is 11.6 Å². The molecule has 1 amide bonds. The van der Waals surface area contributed by atoms with Crippen LogP contribution in [0.1, 0.15) is 31.1 Å². The summed E-state index contributed by atoms with van der Waals surface area (Å²) in [6.45, 7) is 6.25. The lowest BCUT2D eigenvalue weighted by Crippen LogP contribution is -2.12. The average molecular weight is 364 g/mol. The van der Waals surface area contributed by atoms with Gasteiger partial charge >= 0.3 is 0 Å². The van der Waals surface area contributed by atoms with Crippen LogP contribution in [0.5, 0.6) is 17.2 Å². The highest BCUT2D eigenvalue weighted by atomic mass is 35.5. The van der Waals surface area contributed by atoms with Crippen LogP contribution < -0.4 is 19.5 Å². The van der Waals surface area contributed by atoms with Crippen LogP contribution >= 0.6 is 11.6 Å². The number of halogens is 1. The molecule has 0 aliphatic carbocycles. The Labute approximate surface area is 152 Å². The van der Waals surface area contributed by atoms with E-state index in [0.717, 1.165) is 0 Å². The Morgan fingerprint density at radius 3 is 2.44 bits per heavy atom. The van der Waals surface area contributed by atoms with Crippen molar-refractivity contribution in [3.63, 3.8) is 0 Å². The van der Waals surface area contributed by atoms with E-state index in [0.29, 0.717) is 40.1 Å². The summed E-state index contributed by atoms with van der Waals surface area (Å²) in [4.78, 5) is 12.4. The van der Waals surface area contributed by atoms with E-state index in [-0.39, 0.29) is 12.0 Å². The van der Waals surface area contributed by atoms with Crippen LogP contribution in [0, 0.1) is 0 Å². The predicted molar refractivity (Wildman–Crippen MR) is 99.3 cm³/mol. The van der Waals surface area contributed by atoms with E-state index in [1.54, 1.807) is 36.4 Å². The van der Waals surface area contributed by atoms with Gasteiger partial charge < -0.3 is 19.5 Å². The zero-order valence-corrected chi connectivity index (χ0v) is 15.5. The SMILES string of the molecule is CCOc1ccc(C(=O)Nc2ccc(OC(C)C)c(Cl)c2)cc1OC. The third-order valence-corrected chi connectivity index (χ3v) is 3.57. The molecule has 0 spiro atoms. The number of ether oxygens (including phenoxy) is 3. The van der Waals surface area contributed by atoms with Crippen molar-refractivity contribution in [2.45, 2.75) is 26.9 Å². The third-order valence-electron chi connectivity index (χ3n) is 3.28. The molecule has 0 atom stereocenters. The van der Waals surface area contributed by atoms with Gasteiger partial charge in [0, 0.05) is 11.3 Å². The summed E-state index contributed by atoms with van der Waals surface area (Å²) in [7, 11) is 1.53. The minimum atomic E-state index is -0.269. The van der Waals surface area contributed by atoms with Gasteiger partial charge in [0.05, 0.1) is 24.8 Å². The Morgan fingerprint density at radius 2 is 1.84 bits per heavy atom. The number of rotatable bonds is 7. The molecule has 0 aliphatic rings. The molecule has 0 fully saturated rings. The first-order valence-electron chi connectivity index (χ1n) is 8.03. The van der Waals surface area contributed by atoms with Crippen LogP contribution in [-0.4, -0.2) is 25.7 Å².